The molecular weight excluding hydrogens is 520 g/mol. The molecular formula is C32H42N4O3S. The zero-order chi connectivity index (χ0) is 27.6. The van der Waals surface area contributed by atoms with Crippen LogP contribution >= 0.6 is 0 Å². The van der Waals surface area contributed by atoms with Crippen LogP contribution in [0.1, 0.15) is 66.8 Å². The Morgan fingerprint density at radius 1 is 0.950 bits per heavy atom. The first-order chi connectivity index (χ1) is 19.5. The lowest BCUT2D eigenvalue weighted by molar-refractivity contribution is 0.0983. The zero-order valence-electron chi connectivity index (χ0n) is 23.9. The van der Waals surface area contributed by atoms with Crippen LogP contribution in [0.25, 0.3) is 22.2 Å². The van der Waals surface area contributed by atoms with E-state index in [0.29, 0.717) is 23.8 Å². The van der Waals surface area contributed by atoms with Gasteiger partial charge in [0.2, 0.25) is 0 Å². The number of aromatic nitrogens is 1. The van der Waals surface area contributed by atoms with Gasteiger partial charge in [-0.1, -0.05) is 37.5 Å². The van der Waals surface area contributed by atoms with Crippen molar-refractivity contribution < 1.29 is 13.7 Å². The molecule has 1 amide bonds. The molecule has 214 valence electrons. The highest BCUT2D eigenvalue weighted by Crippen LogP contribution is 2.47. The molecule has 0 spiro atoms. The Morgan fingerprint density at radius 3 is 2.62 bits per heavy atom. The van der Waals surface area contributed by atoms with Gasteiger partial charge < -0.3 is 14.2 Å². The molecule has 8 heteroatoms. The van der Waals surface area contributed by atoms with Crippen molar-refractivity contribution in [2.75, 3.05) is 46.1 Å². The van der Waals surface area contributed by atoms with Gasteiger partial charge in [0.05, 0.1) is 11.7 Å². The predicted molar refractivity (Wildman–Crippen MR) is 162 cm³/mol. The van der Waals surface area contributed by atoms with Gasteiger partial charge in [0, 0.05) is 47.4 Å². The van der Waals surface area contributed by atoms with E-state index in [1.807, 2.05) is 12.1 Å². The first-order valence-corrected chi connectivity index (χ1v) is 16.3. The molecule has 3 aromatic rings. The van der Waals surface area contributed by atoms with E-state index in [9.17, 15) is 9.00 Å². The van der Waals surface area contributed by atoms with Crippen LogP contribution in [-0.4, -0.2) is 76.6 Å². The SMILES string of the molecule is CN1CCCCS(=O)NC(=O)c2ccc3c(C4CCCCC4)c4n(c3c2)CC(COc2ccccc2-4)N(C)CC1. The van der Waals surface area contributed by atoms with Crippen LogP contribution in [0.4, 0.5) is 0 Å². The van der Waals surface area contributed by atoms with Crippen molar-refractivity contribution in [3.8, 4) is 17.0 Å². The van der Waals surface area contributed by atoms with Crippen LogP contribution in [0.3, 0.4) is 0 Å². The van der Waals surface area contributed by atoms with E-state index >= 15 is 0 Å². The highest BCUT2D eigenvalue weighted by Gasteiger charge is 2.31. The average Bonchev–Trinajstić information content (AvgIpc) is 3.27. The molecule has 2 aromatic carbocycles. The van der Waals surface area contributed by atoms with Crippen LogP contribution in [0.2, 0.25) is 0 Å². The molecule has 0 saturated heterocycles. The monoisotopic (exact) mass is 562 g/mol. The summed E-state index contributed by atoms with van der Waals surface area (Å²) in [5, 5.41) is 1.23. The molecule has 1 fully saturated rings. The van der Waals surface area contributed by atoms with E-state index in [1.165, 1.54) is 48.7 Å². The molecule has 1 aliphatic carbocycles. The lowest BCUT2D eigenvalue weighted by atomic mass is 9.81. The van der Waals surface area contributed by atoms with Crippen LogP contribution in [0.5, 0.6) is 5.75 Å². The van der Waals surface area contributed by atoms with Gasteiger partial charge in [-0.05, 0) is 82.1 Å². The summed E-state index contributed by atoms with van der Waals surface area (Å²) in [6, 6.07) is 14.7. The lowest BCUT2D eigenvalue weighted by Crippen LogP contribution is -2.44. The number of likely N-dealkylation sites (N-methyl/N-ethyl adjacent to an activating group) is 2. The number of hydrogen-bond donors (Lipinski definition) is 1. The Morgan fingerprint density at radius 2 is 1.77 bits per heavy atom. The minimum atomic E-state index is -1.39. The topological polar surface area (TPSA) is 66.8 Å². The summed E-state index contributed by atoms with van der Waals surface area (Å²) in [6.07, 6.45) is 7.94. The van der Waals surface area contributed by atoms with Crippen molar-refractivity contribution in [3.05, 3.63) is 53.6 Å². The number of carbonyl (C=O) groups excluding carboxylic acids is 1. The number of nitrogens with one attached hydrogen (secondary N) is 1. The smallest absolute Gasteiger partial charge is 0.263 e. The number of para-hydroxylation sites is 1. The van der Waals surface area contributed by atoms with E-state index in [2.05, 4.69) is 63.5 Å². The Hall–Kier alpha value is -2.68. The van der Waals surface area contributed by atoms with Gasteiger partial charge in [0.25, 0.3) is 5.91 Å². The highest BCUT2D eigenvalue weighted by molar-refractivity contribution is 7.83. The third kappa shape index (κ3) is 5.58. The molecule has 6 rings (SSSR count). The Balaban J connectivity index is 1.54. The molecule has 1 N–H and O–H groups in total. The van der Waals surface area contributed by atoms with Crippen molar-refractivity contribution in [1.29, 1.82) is 0 Å². The molecule has 0 radical (unpaired) electrons. The molecule has 2 aliphatic heterocycles. The minimum Gasteiger partial charge on any atom is -0.491 e. The molecule has 3 heterocycles. The number of ether oxygens (including phenoxy) is 1. The number of benzene rings is 2. The first kappa shape index (κ1) is 27.5. The number of hydrogen-bond acceptors (Lipinski definition) is 5. The normalized spacial score (nSPS) is 24.2. The number of rotatable bonds is 1. The van der Waals surface area contributed by atoms with E-state index in [1.54, 1.807) is 0 Å². The molecule has 7 nitrogen and oxygen atoms in total. The summed E-state index contributed by atoms with van der Waals surface area (Å²) in [6.45, 7) is 4.23. The molecule has 1 saturated carbocycles. The van der Waals surface area contributed by atoms with Crippen molar-refractivity contribution in [1.82, 2.24) is 19.1 Å². The summed E-state index contributed by atoms with van der Waals surface area (Å²) in [5.74, 6) is 1.62. The van der Waals surface area contributed by atoms with Crippen molar-refractivity contribution in [2.45, 2.75) is 63.5 Å². The number of carbonyl (C=O) groups is 1. The molecule has 2 unspecified atom stereocenters. The highest BCUT2D eigenvalue weighted by atomic mass is 32.2. The van der Waals surface area contributed by atoms with Gasteiger partial charge >= 0.3 is 0 Å². The van der Waals surface area contributed by atoms with Crippen LogP contribution in [0.15, 0.2) is 42.5 Å². The summed E-state index contributed by atoms with van der Waals surface area (Å²) in [5.41, 5.74) is 5.44. The van der Waals surface area contributed by atoms with E-state index in [4.69, 9.17) is 4.74 Å². The Kier molecular flexibility index (Phi) is 8.28. The van der Waals surface area contributed by atoms with Crippen molar-refractivity contribution in [2.24, 2.45) is 0 Å². The molecule has 1 aromatic heterocycles. The third-order valence-corrected chi connectivity index (χ3v) is 10.2. The fourth-order valence-corrected chi connectivity index (χ4v) is 7.65. The maximum atomic E-state index is 13.3. The molecule has 2 atom stereocenters. The predicted octanol–water partition coefficient (Wildman–Crippen LogP) is 5.17. The van der Waals surface area contributed by atoms with Crippen LogP contribution < -0.4 is 9.46 Å². The number of amides is 1. The first-order valence-electron chi connectivity index (χ1n) is 15.0. The molecule has 40 heavy (non-hydrogen) atoms. The second-order valence-electron chi connectivity index (χ2n) is 11.9. The minimum absolute atomic E-state index is 0.177. The molecule has 3 aliphatic rings. The van der Waals surface area contributed by atoms with E-state index in [0.717, 1.165) is 55.9 Å². The molecule has 4 bridgehead atoms. The van der Waals surface area contributed by atoms with Crippen molar-refractivity contribution in [3.63, 3.8) is 0 Å². The van der Waals surface area contributed by atoms with Gasteiger partial charge in [-0.2, -0.15) is 0 Å². The van der Waals surface area contributed by atoms with E-state index in [-0.39, 0.29) is 11.9 Å². The van der Waals surface area contributed by atoms with Gasteiger partial charge in [-0.25, -0.2) is 4.21 Å². The summed E-state index contributed by atoms with van der Waals surface area (Å²) >= 11 is 0. The maximum absolute atomic E-state index is 13.3. The third-order valence-electron chi connectivity index (χ3n) is 9.13. The summed E-state index contributed by atoms with van der Waals surface area (Å²) in [7, 11) is 2.98. The Bertz CT molecular complexity index is 1400. The number of nitrogens with zero attached hydrogens (tertiary/aromatic N) is 3. The standard InChI is InChI=1S/C32H42N4O3S/c1-34-16-8-9-19-40(38)33-32(37)24-14-15-26-28(20-24)36-21-25(35(2)18-17-34)22-39-29-13-7-6-12-27(29)31(36)30(26)23-10-4-3-5-11-23/h6-7,12-15,20,23,25H,3-5,8-11,16-19,21-22H2,1-2H3,(H,33,37). The largest absolute Gasteiger partial charge is 0.491 e. The maximum Gasteiger partial charge on any atom is 0.263 e. The fraction of sp³-hybridized carbons (Fsp3) is 0.531. The number of fused-ring (bicyclic) bond motifs is 4. The van der Waals surface area contributed by atoms with Crippen LogP contribution in [-0.2, 0) is 17.5 Å². The fourth-order valence-electron chi connectivity index (χ4n) is 6.76. The summed E-state index contributed by atoms with van der Waals surface area (Å²) < 4.78 is 24.5. The second-order valence-corrected chi connectivity index (χ2v) is 13.2. The summed E-state index contributed by atoms with van der Waals surface area (Å²) in [4.78, 5) is 18.1. The van der Waals surface area contributed by atoms with Gasteiger partial charge in [0.1, 0.15) is 23.3 Å². The quantitative estimate of drug-likeness (QED) is 0.444. The van der Waals surface area contributed by atoms with E-state index < -0.39 is 11.0 Å². The van der Waals surface area contributed by atoms with Crippen molar-refractivity contribution >= 4 is 27.8 Å². The van der Waals surface area contributed by atoms with Gasteiger partial charge in [0.15, 0.2) is 0 Å². The van der Waals surface area contributed by atoms with Gasteiger partial charge in [-0.3, -0.25) is 14.4 Å². The van der Waals surface area contributed by atoms with Crippen LogP contribution in [0, 0.1) is 0 Å². The second kappa shape index (κ2) is 12.0. The lowest BCUT2D eigenvalue weighted by Gasteiger charge is -2.33. The Labute approximate surface area is 240 Å². The average molecular weight is 563 g/mol. The van der Waals surface area contributed by atoms with Gasteiger partial charge in [-0.15, -0.1) is 0 Å². The zero-order valence-corrected chi connectivity index (χ0v) is 24.7.